The highest BCUT2D eigenvalue weighted by molar-refractivity contribution is 6.22. The van der Waals surface area contributed by atoms with Crippen molar-refractivity contribution in [3.8, 4) is 0 Å². The van der Waals surface area contributed by atoms with E-state index in [0.717, 1.165) is 11.0 Å². The topological polar surface area (TPSA) is 124 Å². The molecule has 2 unspecified atom stereocenters. The van der Waals surface area contributed by atoms with Gasteiger partial charge in [-0.3, -0.25) is 29.4 Å². The van der Waals surface area contributed by atoms with Crippen LogP contribution in [0.3, 0.4) is 0 Å². The smallest absolute Gasteiger partial charge is 0.338 e. The van der Waals surface area contributed by atoms with Crippen LogP contribution in [0, 0.1) is 22.0 Å². The minimum Gasteiger partial charge on any atom is -0.454 e. The van der Waals surface area contributed by atoms with Gasteiger partial charge in [0, 0.05) is 17.7 Å². The summed E-state index contributed by atoms with van der Waals surface area (Å²) in [6.07, 6.45) is 4.80. The van der Waals surface area contributed by atoms with Crippen LogP contribution in [-0.4, -0.2) is 35.1 Å². The minimum absolute atomic E-state index is 0.0465. The van der Waals surface area contributed by atoms with Crippen molar-refractivity contribution in [2.45, 2.75) is 12.8 Å². The predicted octanol–water partition coefficient (Wildman–Crippen LogP) is 3.09. The van der Waals surface area contributed by atoms with Gasteiger partial charge in [0.15, 0.2) is 6.61 Å². The second kappa shape index (κ2) is 8.54. The second-order valence-corrected chi connectivity index (χ2v) is 7.52. The number of benzene rings is 2. The van der Waals surface area contributed by atoms with E-state index in [4.69, 9.17) is 4.74 Å². The molecule has 1 heterocycles. The molecule has 1 aliphatic heterocycles. The highest BCUT2D eigenvalue weighted by Crippen LogP contribution is 2.37. The van der Waals surface area contributed by atoms with Gasteiger partial charge in [0.1, 0.15) is 0 Å². The summed E-state index contributed by atoms with van der Waals surface area (Å²) in [5.74, 6) is -2.79. The highest BCUT2D eigenvalue weighted by atomic mass is 16.6. The number of rotatable bonds is 6. The SMILES string of the molecule is O=C(COC(=O)c1cccc(N2C(=O)C3CC=CCC3C2=O)c1)c1cccc([N+](=O)[O-])c1. The van der Waals surface area contributed by atoms with E-state index >= 15 is 0 Å². The van der Waals surface area contributed by atoms with E-state index in [2.05, 4.69) is 0 Å². The van der Waals surface area contributed by atoms with Gasteiger partial charge in [-0.15, -0.1) is 0 Å². The molecule has 1 saturated heterocycles. The summed E-state index contributed by atoms with van der Waals surface area (Å²) < 4.78 is 5.05. The summed E-state index contributed by atoms with van der Waals surface area (Å²) in [6.45, 7) is -0.610. The average molecular weight is 434 g/mol. The number of hydrogen-bond acceptors (Lipinski definition) is 7. The average Bonchev–Trinajstić information content (AvgIpc) is 3.07. The quantitative estimate of drug-likeness (QED) is 0.171. The Morgan fingerprint density at radius 3 is 2.25 bits per heavy atom. The summed E-state index contributed by atoms with van der Waals surface area (Å²) in [7, 11) is 0. The van der Waals surface area contributed by atoms with Crippen LogP contribution in [0.25, 0.3) is 0 Å². The van der Waals surface area contributed by atoms with Crippen LogP contribution in [0.15, 0.2) is 60.7 Å². The number of imide groups is 1. The molecule has 9 heteroatoms. The number of non-ortho nitro benzene ring substituents is 1. The van der Waals surface area contributed by atoms with Gasteiger partial charge in [0.05, 0.1) is 28.0 Å². The van der Waals surface area contributed by atoms with Crippen LogP contribution in [0.5, 0.6) is 0 Å². The number of nitro groups is 1. The number of fused-ring (bicyclic) bond motifs is 1. The third kappa shape index (κ3) is 3.92. The summed E-state index contributed by atoms with van der Waals surface area (Å²) in [4.78, 5) is 61.5. The minimum atomic E-state index is -0.816. The zero-order valence-electron chi connectivity index (χ0n) is 16.8. The van der Waals surface area contributed by atoms with Gasteiger partial charge in [0.2, 0.25) is 17.6 Å². The third-order valence-electron chi connectivity index (χ3n) is 5.56. The number of ether oxygens (including phenoxy) is 1. The first-order valence-corrected chi connectivity index (χ1v) is 9.94. The maximum atomic E-state index is 12.7. The van der Waals surface area contributed by atoms with Crippen molar-refractivity contribution in [3.05, 3.63) is 81.9 Å². The normalized spacial score (nSPS) is 19.6. The molecule has 2 aliphatic rings. The predicted molar refractivity (Wildman–Crippen MR) is 112 cm³/mol. The molecule has 2 aromatic rings. The van der Waals surface area contributed by atoms with Crippen LogP contribution < -0.4 is 4.90 Å². The van der Waals surface area contributed by atoms with Crippen molar-refractivity contribution in [1.29, 1.82) is 0 Å². The molecule has 0 spiro atoms. The fourth-order valence-electron chi connectivity index (χ4n) is 3.92. The molecule has 2 amide bonds. The molecule has 0 radical (unpaired) electrons. The van der Waals surface area contributed by atoms with E-state index in [1.54, 1.807) is 6.07 Å². The molecule has 0 N–H and O–H groups in total. The summed E-state index contributed by atoms with van der Waals surface area (Å²) in [5.41, 5.74) is 0.146. The number of nitrogens with zero attached hydrogens (tertiary/aromatic N) is 2. The lowest BCUT2D eigenvalue weighted by Crippen LogP contribution is -2.31. The van der Waals surface area contributed by atoms with Gasteiger partial charge in [-0.25, -0.2) is 4.79 Å². The van der Waals surface area contributed by atoms with E-state index in [1.807, 2.05) is 12.2 Å². The number of anilines is 1. The number of amides is 2. The molecule has 1 fully saturated rings. The first-order valence-electron chi connectivity index (χ1n) is 9.94. The van der Waals surface area contributed by atoms with Crippen molar-refractivity contribution in [1.82, 2.24) is 0 Å². The third-order valence-corrected chi connectivity index (χ3v) is 5.56. The van der Waals surface area contributed by atoms with E-state index in [-0.39, 0.29) is 34.3 Å². The van der Waals surface area contributed by atoms with Gasteiger partial charge >= 0.3 is 5.97 Å². The number of esters is 1. The molecule has 2 aromatic carbocycles. The van der Waals surface area contributed by atoms with Gasteiger partial charge in [0.25, 0.3) is 5.69 Å². The zero-order chi connectivity index (χ0) is 22.8. The molecular weight excluding hydrogens is 416 g/mol. The van der Waals surface area contributed by atoms with Crippen molar-refractivity contribution in [2.75, 3.05) is 11.5 Å². The van der Waals surface area contributed by atoms with Crippen molar-refractivity contribution in [2.24, 2.45) is 11.8 Å². The fraction of sp³-hybridized carbons (Fsp3) is 0.217. The molecule has 4 rings (SSSR count). The molecule has 2 atom stereocenters. The van der Waals surface area contributed by atoms with Crippen molar-refractivity contribution >= 4 is 34.9 Å². The lowest BCUT2D eigenvalue weighted by Gasteiger charge is -2.15. The van der Waals surface area contributed by atoms with E-state index in [1.165, 1.54) is 36.4 Å². The van der Waals surface area contributed by atoms with Crippen LogP contribution >= 0.6 is 0 Å². The first kappa shape index (κ1) is 21.1. The van der Waals surface area contributed by atoms with Gasteiger partial charge in [-0.1, -0.05) is 30.4 Å². The van der Waals surface area contributed by atoms with Gasteiger partial charge in [-0.05, 0) is 31.0 Å². The van der Waals surface area contributed by atoms with Crippen molar-refractivity contribution in [3.63, 3.8) is 0 Å². The summed E-state index contributed by atoms with van der Waals surface area (Å²) in [5, 5.41) is 10.9. The number of allylic oxidation sites excluding steroid dienone is 2. The lowest BCUT2D eigenvalue weighted by atomic mass is 9.85. The van der Waals surface area contributed by atoms with E-state index in [9.17, 15) is 29.3 Å². The number of carbonyl (C=O) groups excluding carboxylic acids is 4. The van der Waals surface area contributed by atoms with Crippen LogP contribution in [0.4, 0.5) is 11.4 Å². The maximum absolute atomic E-state index is 12.7. The van der Waals surface area contributed by atoms with Crippen LogP contribution in [-0.2, 0) is 14.3 Å². The second-order valence-electron chi connectivity index (χ2n) is 7.52. The Labute approximate surface area is 182 Å². The number of ketones is 1. The number of Topliss-reactive ketones (excluding diaryl/α,β-unsaturated/α-hetero) is 1. The Kier molecular flexibility index (Phi) is 5.63. The molecule has 0 bridgehead atoms. The van der Waals surface area contributed by atoms with E-state index < -0.39 is 35.1 Å². The molecule has 32 heavy (non-hydrogen) atoms. The Morgan fingerprint density at radius 1 is 0.969 bits per heavy atom. The molecule has 9 nitrogen and oxygen atoms in total. The maximum Gasteiger partial charge on any atom is 0.338 e. The highest BCUT2D eigenvalue weighted by Gasteiger charge is 2.47. The Bertz CT molecular complexity index is 1140. The van der Waals surface area contributed by atoms with Crippen molar-refractivity contribution < 1.29 is 28.8 Å². The molecule has 0 aromatic heterocycles. The zero-order valence-corrected chi connectivity index (χ0v) is 16.8. The molecule has 1 aliphatic carbocycles. The van der Waals surface area contributed by atoms with Gasteiger partial charge < -0.3 is 4.74 Å². The van der Waals surface area contributed by atoms with Crippen LogP contribution in [0.1, 0.15) is 33.6 Å². The standard InChI is InChI=1S/C23H18N2O7/c26-20(14-5-3-8-17(11-14)25(30)31)13-32-23(29)15-6-4-7-16(12-15)24-21(27)18-9-1-2-10-19(18)22(24)28/h1-8,11-12,18-19H,9-10,13H2. The fourth-order valence-corrected chi connectivity index (χ4v) is 3.92. The number of carbonyl (C=O) groups is 4. The van der Waals surface area contributed by atoms with Crippen LogP contribution in [0.2, 0.25) is 0 Å². The Balaban J connectivity index is 1.46. The number of hydrogen-bond donors (Lipinski definition) is 0. The largest absolute Gasteiger partial charge is 0.454 e. The lowest BCUT2D eigenvalue weighted by molar-refractivity contribution is -0.384. The Morgan fingerprint density at radius 2 is 1.59 bits per heavy atom. The monoisotopic (exact) mass is 434 g/mol. The molecular formula is C23H18N2O7. The molecule has 0 saturated carbocycles. The molecule has 162 valence electrons. The number of nitro benzene ring substituents is 1. The summed E-state index contributed by atoms with van der Waals surface area (Å²) in [6, 6.07) is 11.0. The first-order chi connectivity index (χ1) is 15.4. The summed E-state index contributed by atoms with van der Waals surface area (Å²) >= 11 is 0. The van der Waals surface area contributed by atoms with Gasteiger partial charge in [-0.2, -0.15) is 0 Å². The van der Waals surface area contributed by atoms with E-state index in [0.29, 0.717) is 12.8 Å². The Hall–Kier alpha value is -4.14.